The molecule has 0 saturated heterocycles. The first-order valence-electron chi connectivity index (χ1n) is 1.12. The van der Waals surface area contributed by atoms with E-state index in [1.54, 1.807) is 0 Å². The third kappa shape index (κ3) is 3.40. The number of hydrogen-bond donors (Lipinski definition) is 1. The Morgan fingerprint density at radius 3 is 2.00 bits per heavy atom. The molecule has 3 nitrogen and oxygen atoms in total. The maximum absolute atomic E-state index is 9.32. The summed E-state index contributed by atoms with van der Waals surface area (Å²) in [6.45, 7) is 0. The van der Waals surface area contributed by atoms with Crippen LogP contribution in [0.5, 0.6) is 0 Å². The van der Waals surface area contributed by atoms with Crippen molar-refractivity contribution in [2.75, 3.05) is 0 Å². The molecule has 0 N–H and O–H groups in total. The van der Waals surface area contributed by atoms with Gasteiger partial charge < -0.3 is 0 Å². The van der Waals surface area contributed by atoms with Crippen LogP contribution in [0.15, 0.2) is 5.41 Å². The van der Waals surface area contributed by atoms with Crippen molar-refractivity contribution in [1.82, 2.24) is 0 Å². The second kappa shape index (κ2) is 2.63. The van der Waals surface area contributed by atoms with Crippen LogP contribution >= 0.6 is 0 Å². The van der Waals surface area contributed by atoms with Gasteiger partial charge >= 0.3 is 0 Å². The average Bonchev–Trinajstić information content (AvgIpc) is 1.35. The van der Waals surface area contributed by atoms with Crippen LogP contribution in [0.3, 0.4) is 0 Å². The molecule has 0 unspecified atom stereocenters. The molecule has 4 heteroatoms. The van der Waals surface area contributed by atoms with Crippen molar-refractivity contribution in [3.8, 4) is 0 Å². The Hall–Kier alpha value is -0.600. The zero-order valence-corrected chi connectivity index (χ0v) is 3.64. The van der Waals surface area contributed by atoms with E-state index in [2.05, 4.69) is 0 Å². The van der Waals surface area contributed by atoms with Gasteiger partial charge in [0, 0.05) is 0 Å². The molecule has 0 amide bonds. The lowest BCUT2D eigenvalue weighted by Crippen LogP contribution is -1.60. The molecule has 0 aliphatic carbocycles. The second-order valence-corrected chi connectivity index (χ2v) is 1.36. The fourth-order valence-electron chi connectivity index (χ4n) is 0.0430. The normalized spacial score (nSPS) is 7.50. The van der Waals surface area contributed by atoms with Gasteiger partial charge in [0.05, 0.1) is 0 Å². The molecule has 0 radical (unpaired) electrons. The van der Waals surface area contributed by atoms with Gasteiger partial charge in [-0.3, -0.25) is 0 Å². The Bertz CT molecular complexity index is 131. The lowest BCUT2D eigenvalue weighted by Gasteiger charge is -1.48. The molecule has 0 bridgehead atoms. The highest BCUT2D eigenvalue weighted by molar-refractivity contribution is 7.76. The Morgan fingerprint density at radius 1 is 1.50 bits per heavy atom. The van der Waals surface area contributed by atoms with E-state index in [-0.39, 0.29) is 0 Å². The number of carbonyl (C=O) groups excluding carboxylic acids is 1. The van der Waals surface area contributed by atoms with Crippen molar-refractivity contribution in [3.63, 3.8) is 0 Å². The Labute approximate surface area is 36.2 Å². The minimum absolute atomic E-state index is 0.440. The standard InChI is InChI=1S/C2H2O3S/c3-1-2-6(4)5/h2,6H. The molecule has 0 spiro atoms. The SMILES string of the molecule is O=C=C[SH](=O)=O. The summed E-state index contributed by atoms with van der Waals surface area (Å²) in [5.74, 6) is 1.10. The summed E-state index contributed by atoms with van der Waals surface area (Å²) in [6, 6.07) is 0. The quantitative estimate of drug-likeness (QED) is 0.342. The van der Waals surface area contributed by atoms with E-state index in [1.165, 1.54) is 0 Å². The minimum atomic E-state index is -2.65. The predicted molar refractivity (Wildman–Crippen MR) is 20.6 cm³/mol. The predicted octanol–water partition coefficient (Wildman–Crippen LogP) is -1.06. The molecule has 34 valence electrons. The van der Waals surface area contributed by atoms with Crippen molar-refractivity contribution in [3.05, 3.63) is 5.41 Å². The molecule has 6 heavy (non-hydrogen) atoms. The molecular formula is C2H2O3S. The van der Waals surface area contributed by atoms with Gasteiger partial charge in [0.2, 0.25) is 0 Å². The summed E-state index contributed by atoms with van der Waals surface area (Å²) >= 11 is 0. The molecular weight excluding hydrogens is 104 g/mol. The Morgan fingerprint density at radius 2 is 2.00 bits per heavy atom. The van der Waals surface area contributed by atoms with E-state index in [0.717, 1.165) is 5.94 Å². The van der Waals surface area contributed by atoms with Crippen molar-refractivity contribution >= 4 is 16.6 Å². The van der Waals surface area contributed by atoms with Gasteiger partial charge in [-0.15, -0.1) is 0 Å². The summed E-state index contributed by atoms with van der Waals surface area (Å²) in [5, 5.41) is 0.440. The smallest absolute Gasteiger partial charge is 0.171 e. The van der Waals surface area contributed by atoms with Gasteiger partial charge in [-0.25, -0.2) is 13.2 Å². The lowest BCUT2D eigenvalue weighted by molar-refractivity contribution is 0.569. The molecule has 0 aliphatic heterocycles. The summed E-state index contributed by atoms with van der Waals surface area (Å²) in [7, 11) is -2.65. The first kappa shape index (κ1) is 5.40. The van der Waals surface area contributed by atoms with Gasteiger partial charge in [0.15, 0.2) is 10.7 Å². The number of rotatable bonds is 1. The molecule has 0 heterocycles. The maximum atomic E-state index is 9.32. The van der Waals surface area contributed by atoms with E-state index in [9.17, 15) is 8.42 Å². The van der Waals surface area contributed by atoms with Crippen molar-refractivity contribution in [2.24, 2.45) is 0 Å². The zero-order valence-electron chi connectivity index (χ0n) is 2.75. The summed E-state index contributed by atoms with van der Waals surface area (Å²) in [5.41, 5.74) is 0. The van der Waals surface area contributed by atoms with Crippen LogP contribution < -0.4 is 0 Å². The van der Waals surface area contributed by atoms with E-state index < -0.39 is 10.7 Å². The third-order valence-corrected chi connectivity index (χ3v) is 0.474. The molecule has 0 fully saturated rings. The van der Waals surface area contributed by atoms with E-state index in [0.29, 0.717) is 5.41 Å². The van der Waals surface area contributed by atoms with Gasteiger partial charge in [0.25, 0.3) is 0 Å². The van der Waals surface area contributed by atoms with Crippen LogP contribution in [0, 0.1) is 0 Å². The first-order chi connectivity index (χ1) is 2.77. The highest BCUT2D eigenvalue weighted by Crippen LogP contribution is 1.52. The van der Waals surface area contributed by atoms with E-state index >= 15 is 0 Å². The topological polar surface area (TPSA) is 51.2 Å². The van der Waals surface area contributed by atoms with Crippen molar-refractivity contribution in [2.45, 2.75) is 0 Å². The van der Waals surface area contributed by atoms with Crippen LogP contribution in [-0.2, 0) is 15.5 Å². The first-order valence-corrected chi connectivity index (χ1v) is 2.36. The molecule has 0 rings (SSSR count). The van der Waals surface area contributed by atoms with Gasteiger partial charge in [-0.1, -0.05) is 0 Å². The molecule has 0 aromatic rings. The highest BCUT2D eigenvalue weighted by atomic mass is 32.2. The number of thiol groups is 1. The molecule has 0 aliphatic rings. The van der Waals surface area contributed by atoms with Gasteiger partial charge in [-0.05, 0) is 0 Å². The van der Waals surface area contributed by atoms with Crippen molar-refractivity contribution < 1.29 is 13.2 Å². The van der Waals surface area contributed by atoms with Gasteiger partial charge in [-0.2, -0.15) is 0 Å². The molecule has 0 atom stereocenters. The van der Waals surface area contributed by atoms with Crippen LogP contribution in [0.1, 0.15) is 0 Å². The lowest BCUT2D eigenvalue weighted by atomic mass is 11.2. The summed E-state index contributed by atoms with van der Waals surface area (Å²) < 4.78 is 18.6. The fourth-order valence-corrected chi connectivity index (χ4v) is 0.129. The fraction of sp³-hybridized carbons (Fsp3) is 0. The summed E-state index contributed by atoms with van der Waals surface area (Å²) in [4.78, 5) is 9.05. The van der Waals surface area contributed by atoms with Gasteiger partial charge in [0.1, 0.15) is 11.3 Å². The van der Waals surface area contributed by atoms with Crippen molar-refractivity contribution in [1.29, 1.82) is 0 Å². The Balaban J connectivity index is 3.98. The molecule has 0 aromatic carbocycles. The minimum Gasteiger partial charge on any atom is -0.233 e. The zero-order chi connectivity index (χ0) is 4.99. The van der Waals surface area contributed by atoms with Crippen LogP contribution in [-0.4, -0.2) is 14.4 Å². The summed E-state index contributed by atoms with van der Waals surface area (Å²) in [6.07, 6.45) is 0. The maximum Gasteiger partial charge on any atom is 0.171 e. The molecule has 0 saturated carbocycles. The Kier molecular flexibility index (Phi) is 2.36. The highest BCUT2D eigenvalue weighted by Gasteiger charge is 1.62. The van der Waals surface area contributed by atoms with E-state index in [1.807, 2.05) is 0 Å². The monoisotopic (exact) mass is 106 g/mol. The van der Waals surface area contributed by atoms with Crippen LogP contribution in [0.4, 0.5) is 0 Å². The number of hydrogen-bond acceptors (Lipinski definition) is 3. The second-order valence-electron chi connectivity index (χ2n) is 0.532. The van der Waals surface area contributed by atoms with Crippen LogP contribution in [0.25, 0.3) is 0 Å². The van der Waals surface area contributed by atoms with E-state index in [4.69, 9.17) is 4.79 Å². The molecule has 0 aromatic heterocycles. The third-order valence-electron chi connectivity index (χ3n) is 0.158. The largest absolute Gasteiger partial charge is 0.233 e. The van der Waals surface area contributed by atoms with Crippen LogP contribution in [0.2, 0.25) is 0 Å². The average molecular weight is 106 g/mol.